The minimum atomic E-state index is 0.430. The van der Waals surface area contributed by atoms with Crippen LogP contribution in [0.15, 0.2) is 109 Å². The van der Waals surface area contributed by atoms with Crippen LogP contribution in [0.1, 0.15) is 30.4 Å². The van der Waals surface area contributed by atoms with Gasteiger partial charge >= 0.3 is 0 Å². The Bertz CT molecular complexity index is 883. The zero-order chi connectivity index (χ0) is 18.5. The van der Waals surface area contributed by atoms with Crippen LogP contribution in [0.5, 0.6) is 0 Å². The zero-order valence-electron chi connectivity index (χ0n) is 15.7. The second-order valence-corrected chi connectivity index (χ2v) is 6.94. The maximum Gasteiger partial charge on any atom is 0.00867 e. The highest BCUT2D eigenvalue weighted by molar-refractivity contribution is 5.65. The highest BCUT2D eigenvalue weighted by atomic mass is 14.2. The van der Waals surface area contributed by atoms with Crippen LogP contribution < -0.4 is 0 Å². The molecule has 0 radical (unpaired) electrons. The van der Waals surface area contributed by atoms with Crippen LogP contribution in [0.25, 0.3) is 22.3 Å². The van der Waals surface area contributed by atoms with E-state index in [0.29, 0.717) is 5.92 Å². The highest BCUT2D eigenvalue weighted by Crippen LogP contribution is 2.31. The van der Waals surface area contributed by atoms with Crippen molar-refractivity contribution >= 4 is 0 Å². The van der Waals surface area contributed by atoms with Crippen molar-refractivity contribution in [3.63, 3.8) is 0 Å². The summed E-state index contributed by atoms with van der Waals surface area (Å²) in [4.78, 5) is 0. The molecule has 27 heavy (non-hydrogen) atoms. The molecule has 0 unspecified atom stereocenters. The van der Waals surface area contributed by atoms with Crippen LogP contribution in [0, 0.1) is 0 Å². The van der Waals surface area contributed by atoms with E-state index in [2.05, 4.69) is 116 Å². The van der Waals surface area contributed by atoms with Gasteiger partial charge in [0, 0.05) is 5.92 Å². The maximum absolute atomic E-state index is 2.28. The van der Waals surface area contributed by atoms with Gasteiger partial charge in [-0.15, -0.1) is 0 Å². The molecule has 0 atom stereocenters. The Morgan fingerprint density at radius 3 is 1.11 bits per heavy atom. The second kappa shape index (κ2) is 8.05. The van der Waals surface area contributed by atoms with Gasteiger partial charge in [0.25, 0.3) is 0 Å². The van der Waals surface area contributed by atoms with E-state index in [4.69, 9.17) is 0 Å². The lowest BCUT2D eigenvalue weighted by molar-refractivity contribution is 0.777. The normalized spacial score (nSPS) is 10.9. The molecular formula is C27H24. The molecule has 0 aromatic heterocycles. The molecule has 0 N–H and O–H groups in total. The van der Waals surface area contributed by atoms with Gasteiger partial charge < -0.3 is 0 Å². The number of rotatable bonds is 5. The van der Waals surface area contributed by atoms with Crippen LogP contribution in [0.3, 0.4) is 0 Å². The van der Waals surface area contributed by atoms with Crippen molar-refractivity contribution in [3.8, 4) is 22.3 Å². The average Bonchev–Trinajstić information content (AvgIpc) is 2.76. The molecule has 132 valence electrons. The summed E-state index contributed by atoms with van der Waals surface area (Å²) in [6.45, 7) is 2.26. The van der Waals surface area contributed by atoms with Crippen molar-refractivity contribution in [2.45, 2.75) is 19.3 Å². The first-order chi connectivity index (χ1) is 13.3. The molecule has 0 bridgehead atoms. The Kier molecular flexibility index (Phi) is 5.16. The molecule has 0 saturated heterocycles. The first-order valence-corrected chi connectivity index (χ1v) is 9.66. The van der Waals surface area contributed by atoms with E-state index in [1.165, 1.54) is 33.4 Å². The van der Waals surface area contributed by atoms with Crippen molar-refractivity contribution in [2.75, 3.05) is 0 Å². The van der Waals surface area contributed by atoms with Crippen LogP contribution in [-0.2, 0) is 0 Å². The van der Waals surface area contributed by atoms with Gasteiger partial charge in [0.05, 0.1) is 0 Å². The monoisotopic (exact) mass is 348 g/mol. The molecule has 0 saturated carbocycles. The predicted molar refractivity (Wildman–Crippen MR) is 116 cm³/mol. The summed E-state index contributed by atoms with van der Waals surface area (Å²) in [5.74, 6) is 0.430. The van der Waals surface area contributed by atoms with Gasteiger partial charge in [-0.1, -0.05) is 116 Å². The van der Waals surface area contributed by atoms with Gasteiger partial charge in [-0.05, 0) is 39.8 Å². The van der Waals surface area contributed by atoms with E-state index < -0.39 is 0 Å². The van der Waals surface area contributed by atoms with Crippen LogP contribution in [-0.4, -0.2) is 0 Å². The lowest BCUT2D eigenvalue weighted by Crippen LogP contribution is -1.99. The molecular weight excluding hydrogens is 324 g/mol. The van der Waals surface area contributed by atoms with Crippen molar-refractivity contribution in [1.29, 1.82) is 0 Å². The molecule has 0 heteroatoms. The fourth-order valence-corrected chi connectivity index (χ4v) is 3.74. The molecule has 4 rings (SSSR count). The molecule has 0 fully saturated rings. The van der Waals surface area contributed by atoms with E-state index in [9.17, 15) is 0 Å². The SMILES string of the molecule is CCC(c1ccc(-c2ccccc2)cc1)c1ccc(-c2ccccc2)cc1. The standard InChI is InChI=1S/C27H24/c1-2-27(25-17-13-23(14-18-25)21-9-5-3-6-10-21)26-19-15-24(16-20-26)22-11-7-4-8-12-22/h3-20,27H,2H2,1H3. The minimum Gasteiger partial charge on any atom is -0.0645 e. The Morgan fingerprint density at radius 1 is 0.444 bits per heavy atom. The molecule has 0 aliphatic heterocycles. The quantitative estimate of drug-likeness (QED) is 0.349. The van der Waals surface area contributed by atoms with Gasteiger partial charge in [0.1, 0.15) is 0 Å². The molecule has 0 aliphatic rings. The van der Waals surface area contributed by atoms with Gasteiger partial charge in [0.2, 0.25) is 0 Å². The van der Waals surface area contributed by atoms with Crippen molar-refractivity contribution in [2.24, 2.45) is 0 Å². The Morgan fingerprint density at radius 2 is 0.778 bits per heavy atom. The van der Waals surface area contributed by atoms with Gasteiger partial charge in [-0.2, -0.15) is 0 Å². The summed E-state index contributed by atoms with van der Waals surface area (Å²) in [5.41, 5.74) is 7.84. The fraction of sp³-hybridized carbons (Fsp3) is 0.111. The molecule has 0 amide bonds. The molecule has 4 aromatic carbocycles. The summed E-state index contributed by atoms with van der Waals surface area (Å²) >= 11 is 0. The Balaban J connectivity index is 1.58. The van der Waals surface area contributed by atoms with E-state index in [1.54, 1.807) is 0 Å². The zero-order valence-corrected chi connectivity index (χ0v) is 15.7. The van der Waals surface area contributed by atoms with Crippen molar-refractivity contribution in [1.82, 2.24) is 0 Å². The molecule has 0 spiro atoms. The van der Waals surface area contributed by atoms with Gasteiger partial charge in [-0.3, -0.25) is 0 Å². The third-order valence-electron chi connectivity index (χ3n) is 5.25. The third kappa shape index (κ3) is 3.85. The van der Waals surface area contributed by atoms with E-state index in [1.807, 2.05) is 0 Å². The van der Waals surface area contributed by atoms with Crippen LogP contribution in [0.4, 0.5) is 0 Å². The summed E-state index contributed by atoms with van der Waals surface area (Å²) < 4.78 is 0. The van der Waals surface area contributed by atoms with Crippen LogP contribution >= 0.6 is 0 Å². The summed E-state index contributed by atoms with van der Waals surface area (Å²) in [6.07, 6.45) is 1.09. The summed E-state index contributed by atoms with van der Waals surface area (Å²) in [7, 11) is 0. The number of hydrogen-bond donors (Lipinski definition) is 0. The largest absolute Gasteiger partial charge is 0.0645 e. The number of benzene rings is 4. The molecule has 4 aromatic rings. The smallest absolute Gasteiger partial charge is 0.00867 e. The average molecular weight is 348 g/mol. The predicted octanol–water partition coefficient (Wildman–Crippen LogP) is 7.56. The summed E-state index contributed by atoms with van der Waals surface area (Å²) in [6, 6.07) is 39.2. The number of hydrogen-bond acceptors (Lipinski definition) is 0. The second-order valence-electron chi connectivity index (χ2n) is 6.94. The van der Waals surface area contributed by atoms with E-state index in [0.717, 1.165) is 6.42 Å². The maximum atomic E-state index is 2.28. The van der Waals surface area contributed by atoms with Gasteiger partial charge in [-0.25, -0.2) is 0 Å². The van der Waals surface area contributed by atoms with Crippen molar-refractivity contribution < 1.29 is 0 Å². The van der Waals surface area contributed by atoms with E-state index in [-0.39, 0.29) is 0 Å². The minimum absolute atomic E-state index is 0.430. The third-order valence-corrected chi connectivity index (χ3v) is 5.25. The molecule has 0 aliphatic carbocycles. The van der Waals surface area contributed by atoms with Crippen LogP contribution in [0.2, 0.25) is 0 Å². The summed E-state index contributed by atoms with van der Waals surface area (Å²) in [5, 5.41) is 0. The molecule has 0 heterocycles. The Hall–Kier alpha value is -3.12. The van der Waals surface area contributed by atoms with E-state index >= 15 is 0 Å². The highest BCUT2D eigenvalue weighted by Gasteiger charge is 2.12. The van der Waals surface area contributed by atoms with Crippen molar-refractivity contribution in [3.05, 3.63) is 120 Å². The molecule has 0 nitrogen and oxygen atoms in total. The fourth-order valence-electron chi connectivity index (χ4n) is 3.74. The first-order valence-electron chi connectivity index (χ1n) is 9.66. The lowest BCUT2D eigenvalue weighted by atomic mass is 9.87. The topological polar surface area (TPSA) is 0 Å². The first kappa shape index (κ1) is 17.3. The lowest BCUT2D eigenvalue weighted by Gasteiger charge is -2.17. The Labute approximate surface area is 162 Å². The van der Waals surface area contributed by atoms with Gasteiger partial charge in [0.15, 0.2) is 0 Å².